The van der Waals surface area contributed by atoms with Gasteiger partial charge in [0.2, 0.25) is 5.91 Å². The van der Waals surface area contributed by atoms with Crippen LogP contribution in [0.4, 0.5) is 0 Å². The summed E-state index contributed by atoms with van der Waals surface area (Å²) in [5, 5.41) is 13.4. The Morgan fingerprint density at radius 2 is 2.17 bits per heavy atom. The Morgan fingerprint density at radius 3 is 2.72 bits per heavy atom. The lowest BCUT2D eigenvalue weighted by Crippen LogP contribution is -2.31. The predicted molar refractivity (Wildman–Crippen MR) is 70.3 cm³/mol. The normalized spacial score (nSPS) is 18.6. The summed E-state index contributed by atoms with van der Waals surface area (Å²) in [7, 11) is 0. The Balaban J connectivity index is 1.86. The maximum absolute atomic E-state index is 11.8. The monoisotopic (exact) mass is 246 g/mol. The minimum Gasteiger partial charge on any atom is -0.384 e. The number of rotatable bonds is 4. The summed E-state index contributed by atoms with van der Waals surface area (Å²) in [4.78, 5) is 11.8. The van der Waals surface area contributed by atoms with Crippen LogP contribution >= 0.6 is 0 Å². The molecule has 1 heterocycles. The fourth-order valence-corrected chi connectivity index (χ4v) is 2.01. The molecule has 0 bridgehead atoms. The molecule has 2 rings (SSSR count). The fraction of sp³-hybridized carbons (Fsp3) is 0.385. The van der Waals surface area contributed by atoms with Crippen molar-refractivity contribution < 1.29 is 4.79 Å². The van der Waals surface area contributed by atoms with E-state index in [1.807, 2.05) is 12.1 Å². The number of nitrogens with one attached hydrogen (secondary N) is 3. The van der Waals surface area contributed by atoms with E-state index in [4.69, 9.17) is 11.1 Å². The first-order valence-electron chi connectivity index (χ1n) is 6.08. The molecule has 0 aliphatic carbocycles. The molecule has 5 nitrogen and oxygen atoms in total. The second kappa shape index (κ2) is 5.64. The zero-order chi connectivity index (χ0) is 13.0. The molecule has 0 aromatic heterocycles. The van der Waals surface area contributed by atoms with Crippen LogP contribution in [0.2, 0.25) is 0 Å². The minimum absolute atomic E-state index is 0.0580. The molecular formula is C13H18N4O. The van der Waals surface area contributed by atoms with Crippen molar-refractivity contribution >= 4 is 11.7 Å². The van der Waals surface area contributed by atoms with E-state index < -0.39 is 0 Å². The molecule has 1 aromatic rings. The largest absolute Gasteiger partial charge is 0.384 e. The number of benzene rings is 1. The van der Waals surface area contributed by atoms with E-state index in [0.29, 0.717) is 12.1 Å². The number of carbonyl (C=O) groups is 1. The smallest absolute Gasteiger partial charge is 0.224 e. The molecule has 1 aliphatic rings. The van der Waals surface area contributed by atoms with Crippen molar-refractivity contribution in [2.24, 2.45) is 11.7 Å². The molecular weight excluding hydrogens is 228 g/mol. The summed E-state index contributed by atoms with van der Waals surface area (Å²) in [5.74, 6) is 0.264. The van der Waals surface area contributed by atoms with Gasteiger partial charge in [-0.2, -0.15) is 0 Å². The average Bonchev–Trinajstić information content (AvgIpc) is 2.90. The Labute approximate surface area is 106 Å². The van der Waals surface area contributed by atoms with Gasteiger partial charge in [0.25, 0.3) is 0 Å². The van der Waals surface area contributed by atoms with Gasteiger partial charge in [0.15, 0.2) is 0 Å². The van der Waals surface area contributed by atoms with Gasteiger partial charge < -0.3 is 16.4 Å². The van der Waals surface area contributed by atoms with Crippen LogP contribution < -0.4 is 16.4 Å². The number of amides is 1. The van der Waals surface area contributed by atoms with E-state index in [-0.39, 0.29) is 17.7 Å². The summed E-state index contributed by atoms with van der Waals surface area (Å²) >= 11 is 0. The molecule has 1 atom stereocenters. The van der Waals surface area contributed by atoms with Crippen molar-refractivity contribution in [3.63, 3.8) is 0 Å². The predicted octanol–water partition coefficient (Wildman–Crippen LogP) is 0.196. The first kappa shape index (κ1) is 12.6. The first-order valence-corrected chi connectivity index (χ1v) is 6.08. The van der Waals surface area contributed by atoms with E-state index in [1.165, 1.54) is 0 Å². The topological polar surface area (TPSA) is 91.0 Å². The molecule has 1 fully saturated rings. The molecule has 18 heavy (non-hydrogen) atoms. The highest BCUT2D eigenvalue weighted by Gasteiger charge is 2.21. The van der Waals surface area contributed by atoms with Gasteiger partial charge >= 0.3 is 0 Å². The molecule has 96 valence electrons. The van der Waals surface area contributed by atoms with E-state index in [1.54, 1.807) is 12.1 Å². The molecule has 1 aromatic carbocycles. The second-order valence-electron chi connectivity index (χ2n) is 4.52. The van der Waals surface area contributed by atoms with Crippen molar-refractivity contribution in [2.45, 2.75) is 13.0 Å². The van der Waals surface area contributed by atoms with Crippen LogP contribution in [-0.4, -0.2) is 24.8 Å². The number of hydrogen-bond acceptors (Lipinski definition) is 3. The molecule has 1 aliphatic heterocycles. The molecule has 5 heteroatoms. The summed E-state index contributed by atoms with van der Waals surface area (Å²) < 4.78 is 0. The molecule has 0 spiro atoms. The zero-order valence-corrected chi connectivity index (χ0v) is 10.2. The summed E-state index contributed by atoms with van der Waals surface area (Å²) in [6.45, 7) is 2.22. The van der Waals surface area contributed by atoms with Crippen LogP contribution in [0.15, 0.2) is 24.3 Å². The highest BCUT2D eigenvalue weighted by molar-refractivity contribution is 5.94. The van der Waals surface area contributed by atoms with Gasteiger partial charge in [-0.15, -0.1) is 0 Å². The Morgan fingerprint density at radius 1 is 1.44 bits per heavy atom. The lowest BCUT2D eigenvalue weighted by Gasteiger charge is -2.10. The fourth-order valence-electron chi connectivity index (χ4n) is 2.01. The Kier molecular flexibility index (Phi) is 3.94. The SMILES string of the molecule is N=C(N)c1ccc(CNC(=O)[C@H]2CCNC2)cc1. The lowest BCUT2D eigenvalue weighted by molar-refractivity contribution is -0.124. The van der Waals surface area contributed by atoms with Crippen LogP contribution in [0.3, 0.4) is 0 Å². The quantitative estimate of drug-likeness (QED) is 0.452. The van der Waals surface area contributed by atoms with E-state index in [0.717, 1.165) is 25.1 Å². The lowest BCUT2D eigenvalue weighted by atomic mass is 10.1. The molecule has 0 saturated carbocycles. The molecule has 1 amide bonds. The van der Waals surface area contributed by atoms with E-state index in [2.05, 4.69) is 10.6 Å². The number of hydrogen-bond donors (Lipinski definition) is 4. The van der Waals surface area contributed by atoms with Gasteiger partial charge in [-0.1, -0.05) is 24.3 Å². The van der Waals surface area contributed by atoms with Crippen LogP contribution in [0.1, 0.15) is 17.5 Å². The van der Waals surface area contributed by atoms with Crippen LogP contribution in [0.5, 0.6) is 0 Å². The van der Waals surface area contributed by atoms with Gasteiger partial charge in [0.05, 0.1) is 5.92 Å². The van der Waals surface area contributed by atoms with Gasteiger partial charge in [-0.05, 0) is 18.5 Å². The third kappa shape index (κ3) is 3.07. The van der Waals surface area contributed by atoms with Crippen LogP contribution in [-0.2, 0) is 11.3 Å². The highest BCUT2D eigenvalue weighted by atomic mass is 16.1. The average molecular weight is 246 g/mol. The molecule has 0 radical (unpaired) electrons. The molecule has 1 saturated heterocycles. The Bertz CT molecular complexity index is 435. The van der Waals surface area contributed by atoms with Gasteiger partial charge in [-0.25, -0.2) is 0 Å². The van der Waals surface area contributed by atoms with Gasteiger partial charge in [-0.3, -0.25) is 10.2 Å². The van der Waals surface area contributed by atoms with Crippen molar-refractivity contribution in [3.05, 3.63) is 35.4 Å². The number of nitrogens with two attached hydrogens (primary N) is 1. The maximum Gasteiger partial charge on any atom is 0.224 e. The third-order valence-corrected chi connectivity index (χ3v) is 3.16. The number of nitrogen functional groups attached to an aromatic ring is 1. The summed E-state index contributed by atoms with van der Waals surface area (Å²) in [5.41, 5.74) is 7.09. The van der Waals surface area contributed by atoms with Crippen LogP contribution in [0.25, 0.3) is 0 Å². The zero-order valence-electron chi connectivity index (χ0n) is 10.2. The first-order chi connectivity index (χ1) is 8.66. The summed E-state index contributed by atoms with van der Waals surface area (Å²) in [6, 6.07) is 7.34. The minimum atomic E-state index is 0.0580. The number of carbonyl (C=O) groups excluding carboxylic acids is 1. The summed E-state index contributed by atoms with van der Waals surface area (Å²) in [6.07, 6.45) is 0.912. The van der Waals surface area contributed by atoms with Gasteiger partial charge in [0, 0.05) is 18.7 Å². The van der Waals surface area contributed by atoms with Crippen molar-refractivity contribution in [2.75, 3.05) is 13.1 Å². The van der Waals surface area contributed by atoms with Crippen molar-refractivity contribution in [1.82, 2.24) is 10.6 Å². The molecule has 5 N–H and O–H groups in total. The van der Waals surface area contributed by atoms with Gasteiger partial charge in [0.1, 0.15) is 5.84 Å². The standard InChI is InChI=1S/C13H18N4O/c14-12(15)10-3-1-9(2-4-10)7-17-13(18)11-5-6-16-8-11/h1-4,11,16H,5-8H2,(H3,14,15)(H,17,18)/t11-/m0/s1. The third-order valence-electron chi connectivity index (χ3n) is 3.16. The Hall–Kier alpha value is -1.88. The van der Waals surface area contributed by atoms with E-state index >= 15 is 0 Å². The molecule has 0 unspecified atom stereocenters. The van der Waals surface area contributed by atoms with E-state index in [9.17, 15) is 4.79 Å². The maximum atomic E-state index is 11.8. The highest BCUT2D eigenvalue weighted by Crippen LogP contribution is 2.08. The van der Waals surface area contributed by atoms with Crippen molar-refractivity contribution in [1.29, 1.82) is 5.41 Å². The van der Waals surface area contributed by atoms with Crippen molar-refractivity contribution in [3.8, 4) is 0 Å². The number of amidine groups is 1. The van der Waals surface area contributed by atoms with Crippen LogP contribution in [0, 0.1) is 11.3 Å². The second-order valence-corrected chi connectivity index (χ2v) is 4.52.